The summed E-state index contributed by atoms with van der Waals surface area (Å²) in [6.07, 6.45) is 3.34. The van der Waals surface area contributed by atoms with Gasteiger partial charge in [-0.25, -0.2) is 4.98 Å². The van der Waals surface area contributed by atoms with Crippen molar-refractivity contribution in [3.63, 3.8) is 0 Å². The molecule has 0 aliphatic carbocycles. The van der Waals surface area contributed by atoms with E-state index in [1.807, 2.05) is 60.0 Å². The molecule has 0 spiro atoms. The molecule has 2 heterocycles. The van der Waals surface area contributed by atoms with Crippen LogP contribution in [0.1, 0.15) is 32.0 Å². The largest absolute Gasteiger partial charge is 0.454 e. The molecule has 0 saturated heterocycles. The van der Waals surface area contributed by atoms with Gasteiger partial charge in [0.1, 0.15) is 5.69 Å². The lowest BCUT2D eigenvalue weighted by atomic mass is 10.1. The van der Waals surface area contributed by atoms with E-state index >= 15 is 0 Å². The molecule has 8 nitrogen and oxygen atoms in total. The Kier molecular flexibility index (Phi) is 5.70. The van der Waals surface area contributed by atoms with Gasteiger partial charge in [0.05, 0.1) is 6.33 Å². The first kappa shape index (κ1) is 21.3. The van der Waals surface area contributed by atoms with Crippen LogP contribution in [0.2, 0.25) is 0 Å². The third-order valence-electron chi connectivity index (χ3n) is 5.47. The number of fused-ring (bicyclic) bond motifs is 1. The molecule has 1 aliphatic heterocycles. The molecule has 4 aromatic rings. The van der Waals surface area contributed by atoms with Crippen molar-refractivity contribution < 1.29 is 19.1 Å². The maximum absolute atomic E-state index is 12.6. The van der Waals surface area contributed by atoms with Crippen LogP contribution in [0.25, 0.3) is 0 Å². The highest BCUT2D eigenvalue weighted by molar-refractivity contribution is 6.04. The van der Waals surface area contributed by atoms with Gasteiger partial charge in [0, 0.05) is 29.7 Å². The molecule has 0 fully saturated rings. The zero-order valence-corrected chi connectivity index (χ0v) is 18.4. The van der Waals surface area contributed by atoms with Gasteiger partial charge in [-0.1, -0.05) is 30.3 Å². The Bertz CT molecular complexity index is 1360. The topological polar surface area (TPSA) is 94.5 Å². The Balaban J connectivity index is 1.19. The summed E-state index contributed by atoms with van der Waals surface area (Å²) in [4.78, 5) is 29.3. The van der Waals surface area contributed by atoms with Gasteiger partial charge < -0.3 is 24.7 Å². The molecule has 5 rings (SSSR count). The van der Waals surface area contributed by atoms with Crippen molar-refractivity contribution >= 4 is 23.2 Å². The first-order valence-corrected chi connectivity index (χ1v) is 10.7. The van der Waals surface area contributed by atoms with Gasteiger partial charge in [0.25, 0.3) is 11.8 Å². The van der Waals surface area contributed by atoms with Crippen molar-refractivity contribution in [1.29, 1.82) is 0 Å². The molecule has 2 N–H and O–H groups in total. The zero-order chi connectivity index (χ0) is 23.5. The van der Waals surface area contributed by atoms with Crippen LogP contribution in [0.3, 0.4) is 0 Å². The number of imidazole rings is 1. The molecule has 0 unspecified atom stereocenters. The normalized spacial score (nSPS) is 11.8. The second-order valence-electron chi connectivity index (χ2n) is 7.92. The quantitative estimate of drug-likeness (QED) is 0.448. The van der Waals surface area contributed by atoms with Crippen LogP contribution < -0.4 is 20.1 Å². The lowest BCUT2D eigenvalue weighted by Crippen LogP contribution is -2.13. The average molecular weight is 454 g/mol. The standard InChI is InChI=1S/C26H22N4O4/c1-17-4-2-3-5-21(17)29-26(32)22-14-30(15-27-22)13-18-6-9-20(10-7-18)28-25(31)19-8-11-23-24(12-19)34-16-33-23/h2-12,14-15H,13,16H2,1H3,(H,28,31)(H,29,32). The minimum atomic E-state index is -0.255. The van der Waals surface area contributed by atoms with Crippen molar-refractivity contribution in [3.05, 3.63) is 102 Å². The van der Waals surface area contributed by atoms with E-state index in [0.717, 1.165) is 16.8 Å². The molecule has 170 valence electrons. The maximum Gasteiger partial charge on any atom is 0.275 e. The van der Waals surface area contributed by atoms with E-state index in [0.29, 0.717) is 35.0 Å². The van der Waals surface area contributed by atoms with Crippen LogP contribution in [0.15, 0.2) is 79.3 Å². The summed E-state index contributed by atoms with van der Waals surface area (Å²) >= 11 is 0. The molecule has 34 heavy (non-hydrogen) atoms. The van der Waals surface area contributed by atoms with Crippen LogP contribution in [0.4, 0.5) is 11.4 Å². The van der Waals surface area contributed by atoms with Crippen LogP contribution in [0.5, 0.6) is 11.5 Å². The molecule has 3 aromatic carbocycles. The molecule has 1 aromatic heterocycles. The number of nitrogens with zero attached hydrogens (tertiary/aromatic N) is 2. The van der Waals surface area contributed by atoms with E-state index in [2.05, 4.69) is 15.6 Å². The number of benzene rings is 3. The minimum absolute atomic E-state index is 0.164. The van der Waals surface area contributed by atoms with Crippen LogP contribution in [-0.4, -0.2) is 28.2 Å². The number of nitrogens with one attached hydrogen (secondary N) is 2. The van der Waals surface area contributed by atoms with E-state index in [1.165, 1.54) is 0 Å². The van der Waals surface area contributed by atoms with Gasteiger partial charge in [-0.05, 0) is 54.4 Å². The van der Waals surface area contributed by atoms with Crippen molar-refractivity contribution in [2.24, 2.45) is 0 Å². The number of hydrogen-bond acceptors (Lipinski definition) is 5. The molecule has 0 atom stereocenters. The summed E-state index contributed by atoms with van der Waals surface area (Å²) in [6.45, 7) is 2.65. The highest BCUT2D eigenvalue weighted by atomic mass is 16.7. The summed E-state index contributed by atoms with van der Waals surface area (Å²) in [5.41, 5.74) is 4.26. The van der Waals surface area contributed by atoms with E-state index in [-0.39, 0.29) is 18.6 Å². The number of amides is 2. The number of carbonyl (C=O) groups excluding carboxylic acids is 2. The second-order valence-corrected chi connectivity index (χ2v) is 7.92. The van der Waals surface area contributed by atoms with Gasteiger partial charge >= 0.3 is 0 Å². The number of carbonyl (C=O) groups is 2. The Morgan fingerprint density at radius 1 is 0.941 bits per heavy atom. The highest BCUT2D eigenvalue weighted by Crippen LogP contribution is 2.32. The SMILES string of the molecule is Cc1ccccc1NC(=O)c1cn(Cc2ccc(NC(=O)c3ccc4c(c3)OCO4)cc2)cn1. The number of ether oxygens (including phenoxy) is 2. The summed E-state index contributed by atoms with van der Waals surface area (Å²) < 4.78 is 12.4. The summed E-state index contributed by atoms with van der Waals surface area (Å²) in [7, 11) is 0. The Hall–Kier alpha value is -4.59. The third kappa shape index (κ3) is 4.61. The van der Waals surface area contributed by atoms with Crippen LogP contribution in [0, 0.1) is 6.92 Å². The summed E-state index contributed by atoms with van der Waals surface area (Å²) in [5, 5.41) is 5.77. The number of aryl methyl sites for hydroxylation is 1. The van der Waals surface area contributed by atoms with Gasteiger partial charge in [0.15, 0.2) is 11.5 Å². The van der Waals surface area contributed by atoms with Gasteiger partial charge in [-0.2, -0.15) is 0 Å². The fraction of sp³-hybridized carbons (Fsp3) is 0.115. The fourth-order valence-corrected chi connectivity index (χ4v) is 3.61. The van der Waals surface area contributed by atoms with E-state index < -0.39 is 0 Å². The van der Waals surface area contributed by atoms with Gasteiger partial charge in [0.2, 0.25) is 6.79 Å². The number of hydrogen-bond donors (Lipinski definition) is 2. The third-order valence-corrected chi connectivity index (χ3v) is 5.47. The van der Waals surface area contributed by atoms with E-state index in [1.54, 1.807) is 30.7 Å². The smallest absolute Gasteiger partial charge is 0.275 e. The Labute approximate surface area is 196 Å². The predicted octanol–water partition coefficient (Wildman–Crippen LogP) is 4.47. The highest BCUT2D eigenvalue weighted by Gasteiger charge is 2.16. The molecule has 1 aliphatic rings. The number of para-hydroxylation sites is 1. The molecule has 0 bridgehead atoms. The number of rotatable bonds is 6. The van der Waals surface area contributed by atoms with Crippen LogP contribution in [-0.2, 0) is 6.54 Å². The van der Waals surface area contributed by atoms with Crippen molar-refractivity contribution in [2.45, 2.75) is 13.5 Å². The Morgan fingerprint density at radius 3 is 2.56 bits per heavy atom. The predicted molar refractivity (Wildman–Crippen MR) is 127 cm³/mol. The zero-order valence-electron chi connectivity index (χ0n) is 18.4. The average Bonchev–Trinajstić information content (AvgIpc) is 3.51. The van der Waals surface area contributed by atoms with E-state index in [9.17, 15) is 9.59 Å². The molecule has 8 heteroatoms. The maximum atomic E-state index is 12.6. The lowest BCUT2D eigenvalue weighted by molar-refractivity contribution is 0.101. The van der Waals surface area contributed by atoms with Crippen LogP contribution >= 0.6 is 0 Å². The molecular formula is C26H22N4O4. The number of anilines is 2. The fourth-order valence-electron chi connectivity index (χ4n) is 3.61. The van der Waals surface area contributed by atoms with Gasteiger partial charge in [-0.3, -0.25) is 9.59 Å². The van der Waals surface area contributed by atoms with E-state index in [4.69, 9.17) is 9.47 Å². The Morgan fingerprint density at radius 2 is 1.74 bits per heavy atom. The minimum Gasteiger partial charge on any atom is -0.454 e. The van der Waals surface area contributed by atoms with Crippen molar-refractivity contribution in [2.75, 3.05) is 17.4 Å². The molecular weight excluding hydrogens is 432 g/mol. The monoisotopic (exact) mass is 454 g/mol. The molecule has 2 amide bonds. The van der Waals surface area contributed by atoms with Crippen molar-refractivity contribution in [1.82, 2.24) is 9.55 Å². The first-order valence-electron chi connectivity index (χ1n) is 10.7. The first-order chi connectivity index (χ1) is 16.5. The second kappa shape index (κ2) is 9.11. The molecule has 0 radical (unpaired) electrons. The molecule has 0 saturated carbocycles. The lowest BCUT2D eigenvalue weighted by Gasteiger charge is -2.08. The van der Waals surface area contributed by atoms with Crippen molar-refractivity contribution in [3.8, 4) is 11.5 Å². The van der Waals surface area contributed by atoms with Gasteiger partial charge in [-0.15, -0.1) is 0 Å². The summed E-state index contributed by atoms with van der Waals surface area (Å²) in [6, 6.07) is 20.2. The summed E-state index contributed by atoms with van der Waals surface area (Å²) in [5.74, 6) is 0.714. The number of aromatic nitrogens is 2.